The molecule has 0 bridgehead atoms. The molecule has 2 aromatic rings. The van der Waals surface area contributed by atoms with Crippen LogP contribution in [0.15, 0.2) is 48.5 Å². The summed E-state index contributed by atoms with van der Waals surface area (Å²) in [5, 5.41) is 2.93. The number of rotatable bonds is 8. The molecule has 0 radical (unpaired) electrons. The third-order valence-electron chi connectivity index (χ3n) is 4.85. The molecule has 0 aliphatic carbocycles. The maximum absolute atomic E-state index is 12.3. The number of nitrogens with one attached hydrogen (secondary N) is 1. The van der Waals surface area contributed by atoms with Crippen molar-refractivity contribution in [2.45, 2.75) is 39.7 Å². The lowest BCUT2D eigenvalue weighted by Gasteiger charge is -2.16. The summed E-state index contributed by atoms with van der Waals surface area (Å²) in [6.07, 6.45) is 2.55. The zero-order valence-electron chi connectivity index (χ0n) is 16.6. The van der Waals surface area contributed by atoms with Crippen LogP contribution >= 0.6 is 0 Å². The number of nitrogens with zero attached hydrogens (tertiary/aromatic N) is 1. The number of carbonyl (C=O) groups is 2. The van der Waals surface area contributed by atoms with E-state index in [1.54, 1.807) is 12.1 Å². The molecule has 0 saturated carbocycles. The first kappa shape index (κ1) is 19.9. The summed E-state index contributed by atoms with van der Waals surface area (Å²) in [6, 6.07) is 15.0. The van der Waals surface area contributed by atoms with Crippen molar-refractivity contribution in [3.8, 4) is 5.75 Å². The monoisotopic (exact) mass is 380 g/mol. The molecule has 5 heteroatoms. The van der Waals surface area contributed by atoms with E-state index in [1.807, 2.05) is 41.3 Å². The maximum Gasteiger partial charge on any atom is 0.251 e. The maximum atomic E-state index is 12.3. The first-order chi connectivity index (χ1) is 13.5. The number of hydrogen-bond donors (Lipinski definition) is 1. The summed E-state index contributed by atoms with van der Waals surface area (Å²) >= 11 is 0. The van der Waals surface area contributed by atoms with Crippen molar-refractivity contribution in [1.82, 2.24) is 5.32 Å². The highest BCUT2D eigenvalue weighted by Gasteiger charge is 2.21. The molecule has 1 heterocycles. The standard InChI is InChI=1S/C23H28N2O3/c1-17(2)13-15-28-21-11-7-19(8-12-21)23(27)24-16-18-5-9-20(10-6-18)25-14-3-4-22(25)26/h5-12,17H,3-4,13-16H2,1-2H3,(H,24,27). The van der Waals surface area contributed by atoms with Gasteiger partial charge in [0.1, 0.15) is 5.75 Å². The normalized spacial score (nSPS) is 13.8. The number of hydrogen-bond acceptors (Lipinski definition) is 3. The molecule has 5 nitrogen and oxygen atoms in total. The van der Waals surface area contributed by atoms with Crippen LogP contribution in [0.1, 0.15) is 49.0 Å². The van der Waals surface area contributed by atoms with Gasteiger partial charge in [0.25, 0.3) is 5.91 Å². The first-order valence-electron chi connectivity index (χ1n) is 9.93. The van der Waals surface area contributed by atoms with Gasteiger partial charge in [-0.1, -0.05) is 26.0 Å². The summed E-state index contributed by atoms with van der Waals surface area (Å²) in [5.41, 5.74) is 2.53. The largest absolute Gasteiger partial charge is 0.494 e. The van der Waals surface area contributed by atoms with Gasteiger partial charge < -0.3 is 15.0 Å². The predicted octanol–water partition coefficient (Wildman–Crippen LogP) is 4.17. The number of carbonyl (C=O) groups excluding carboxylic acids is 2. The molecule has 0 aromatic heterocycles. The fraction of sp³-hybridized carbons (Fsp3) is 0.391. The quantitative estimate of drug-likeness (QED) is 0.748. The van der Waals surface area contributed by atoms with E-state index < -0.39 is 0 Å². The van der Waals surface area contributed by atoms with Crippen LogP contribution in [-0.2, 0) is 11.3 Å². The Hall–Kier alpha value is -2.82. The van der Waals surface area contributed by atoms with Crippen LogP contribution in [0.25, 0.3) is 0 Å². The second-order valence-corrected chi connectivity index (χ2v) is 7.55. The predicted molar refractivity (Wildman–Crippen MR) is 111 cm³/mol. The molecule has 2 aromatic carbocycles. The topological polar surface area (TPSA) is 58.6 Å². The van der Waals surface area contributed by atoms with Gasteiger partial charge in [0.05, 0.1) is 6.61 Å². The van der Waals surface area contributed by atoms with Gasteiger partial charge >= 0.3 is 0 Å². The molecule has 148 valence electrons. The molecule has 1 saturated heterocycles. The van der Waals surface area contributed by atoms with Gasteiger partial charge in [0.15, 0.2) is 0 Å². The first-order valence-corrected chi connectivity index (χ1v) is 9.93. The van der Waals surface area contributed by atoms with E-state index in [0.717, 1.165) is 36.4 Å². The average Bonchev–Trinajstić information content (AvgIpc) is 3.13. The molecule has 2 amide bonds. The van der Waals surface area contributed by atoms with Crippen molar-refractivity contribution in [1.29, 1.82) is 0 Å². The van der Waals surface area contributed by atoms with E-state index in [0.29, 0.717) is 31.1 Å². The van der Waals surface area contributed by atoms with E-state index >= 15 is 0 Å². The Balaban J connectivity index is 1.49. The summed E-state index contributed by atoms with van der Waals surface area (Å²) in [5.74, 6) is 1.45. The molecular weight excluding hydrogens is 352 g/mol. The van der Waals surface area contributed by atoms with Crippen LogP contribution in [0.2, 0.25) is 0 Å². The fourth-order valence-corrected chi connectivity index (χ4v) is 3.11. The number of anilines is 1. The van der Waals surface area contributed by atoms with Crippen LogP contribution in [0.5, 0.6) is 5.75 Å². The third kappa shape index (κ3) is 5.35. The zero-order valence-corrected chi connectivity index (χ0v) is 16.6. The highest BCUT2D eigenvalue weighted by Crippen LogP contribution is 2.21. The number of amides is 2. The molecular formula is C23H28N2O3. The van der Waals surface area contributed by atoms with Crippen LogP contribution in [0.3, 0.4) is 0 Å². The van der Waals surface area contributed by atoms with E-state index in [1.165, 1.54) is 0 Å². The van der Waals surface area contributed by atoms with Gasteiger partial charge in [0.2, 0.25) is 5.91 Å². The van der Waals surface area contributed by atoms with Gasteiger partial charge in [-0.05, 0) is 60.7 Å². The van der Waals surface area contributed by atoms with E-state index in [4.69, 9.17) is 4.74 Å². The van der Waals surface area contributed by atoms with Crippen molar-refractivity contribution in [3.63, 3.8) is 0 Å². The molecule has 28 heavy (non-hydrogen) atoms. The summed E-state index contributed by atoms with van der Waals surface area (Å²) in [6.45, 7) is 6.24. The Morgan fingerprint density at radius 2 is 1.82 bits per heavy atom. The highest BCUT2D eigenvalue weighted by atomic mass is 16.5. The van der Waals surface area contributed by atoms with Gasteiger partial charge in [-0.3, -0.25) is 9.59 Å². The minimum absolute atomic E-state index is 0.118. The SMILES string of the molecule is CC(C)CCOc1ccc(C(=O)NCc2ccc(N3CCCC3=O)cc2)cc1. The molecule has 3 rings (SSSR count). The number of benzene rings is 2. The van der Waals surface area contributed by atoms with Crippen LogP contribution < -0.4 is 15.0 Å². The van der Waals surface area contributed by atoms with Crippen molar-refractivity contribution < 1.29 is 14.3 Å². The summed E-state index contributed by atoms with van der Waals surface area (Å²) < 4.78 is 5.68. The molecule has 1 aliphatic heterocycles. The molecule has 1 aliphatic rings. The second kappa shape index (κ2) is 9.40. The third-order valence-corrected chi connectivity index (χ3v) is 4.85. The summed E-state index contributed by atoms with van der Waals surface area (Å²) in [4.78, 5) is 26.0. The second-order valence-electron chi connectivity index (χ2n) is 7.55. The van der Waals surface area contributed by atoms with Crippen LogP contribution in [-0.4, -0.2) is 25.0 Å². The Kier molecular flexibility index (Phi) is 6.69. The molecule has 0 unspecified atom stereocenters. The van der Waals surface area contributed by atoms with E-state index in [-0.39, 0.29) is 11.8 Å². The van der Waals surface area contributed by atoms with Crippen molar-refractivity contribution in [3.05, 3.63) is 59.7 Å². The van der Waals surface area contributed by atoms with Gasteiger partial charge in [0, 0.05) is 30.8 Å². The van der Waals surface area contributed by atoms with Gasteiger partial charge in [-0.15, -0.1) is 0 Å². The van der Waals surface area contributed by atoms with Crippen molar-refractivity contribution in [2.24, 2.45) is 5.92 Å². The Labute approximate surface area is 166 Å². The molecule has 0 atom stereocenters. The number of ether oxygens (including phenoxy) is 1. The Bertz CT molecular complexity index is 798. The Morgan fingerprint density at radius 3 is 2.43 bits per heavy atom. The molecule has 1 N–H and O–H groups in total. The minimum Gasteiger partial charge on any atom is -0.494 e. The highest BCUT2D eigenvalue weighted by molar-refractivity contribution is 5.95. The summed E-state index contributed by atoms with van der Waals surface area (Å²) in [7, 11) is 0. The lowest BCUT2D eigenvalue weighted by atomic mass is 10.1. The van der Waals surface area contributed by atoms with Crippen LogP contribution in [0, 0.1) is 5.92 Å². The minimum atomic E-state index is -0.118. The van der Waals surface area contributed by atoms with Gasteiger partial charge in [-0.2, -0.15) is 0 Å². The smallest absolute Gasteiger partial charge is 0.251 e. The van der Waals surface area contributed by atoms with E-state index in [2.05, 4.69) is 19.2 Å². The Morgan fingerprint density at radius 1 is 1.11 bits per heavy atom. The fourth-order valence-electron chi connectivity index (χ4n) is 3.11. The van der Waals surface area contributed by atoms with Crippen molar-refractivity contribution >= 4 is 17.5 Å². The lowest BCUT2D eigenvalue weighted by Crippen LogP contribution is -2.24. The lowest BCUT2D eigenvalue weighted by molar-refractivity contribution is -0.117. The van der Waals surface area contributed by atoms with Crippen molar-refractivity contribution in [2.75, 3.05) is 18.1 Å². The van der Waals surface area contributed by atoms with Crippen LogP contribution in [0.4, 0.5) is 5.69 Å². The average molecular weight is 380 g/mol. The van der Waals surface area contributed by atoms with Gasteiger partial charge in [-0.25, -0.2) is 0 Å². The van der Waals surface area contributed by atoms with E-state index in [9.17, 15) is 9.59 Å². The zero-order chi connectivity index (χ0) is 19.9. The molecule has 1 fully saturated rings. The molecule has 0 spiro atoms.